The van der Waals surface area contributed by atoms with Gasteiger partial charge in [0.05, 0.1) is 31.1 Å². The van der Waals surface area contributed by atoms with E-state index in [-0.39, 0.29) is 5.95 Å². The number of halogens is 1. The van der Waals surface area contributed by atoms with Crippen molar-refractivity contribution in [3.63, 3.8) is 0 Å². The van der Waals surface area contributed by atoms with E-state index >= 15 is 0 Å². The standard InChI is InChI=1S/C15H15ClN6O3/c1-8-4-13(22-25-8)19-15-20-14(7-17-21-15)18-10-6-11(23-2)9(16)5-12(10)24-3/h4-7H,1-3H3,(H2,18,19,20,21,22). The van der Waals surface area contributed by atoms with Crippen LogP contribution < -0.4 is 20.1 Å². The Bertz CT molecular complexity index is 885. The van der Waals surface area contributed by atoms with E-state index in [1.807, 2.05) is 0 Å². The lowest BCUT2D eigenvalue weighted by molar-refractivity contribution is 0.400. The van der Waals surface area contributed by atoms with Gasteiger partial charge in [0.25, 0.3) is 0 Å². The number of aromatic nitrogens is 4. The maximum Gasteiger partial charge on any atom is 0.250 e. The van der Waals surface area contributed by atoms with Crippen LogP contribution in [-0.2, 0) is 0 Å². The summed E-state index contributed by atoms with van der Waals surface area (Å²) < 4.78 is 15.5. The summed E-state index contributed by atoms with van der Waals surface area (Å²) in [7, 11) is 3.08. The van der Waals surface area contributed by atoms with Crippen molar-refractivity contribution in [3.05, 3.63) is 35.2 Å². The van der Waals surface area contributed by atoms with Crippen molar-refractivity contribution in [2.24, 2.45) is 0 Å². The molecular weight excluding hydrogens is 348 g/mol. The predicted octanol–water partition coefficient (Wildman–Crippen LogP) is 3.33. The molecule has 0 aliphatic carbocycles. The highest BCUT2D eigenvalue weighted by Gasteiger charge is 2.12. The van der Waals surface area contributed by atoms with Gasteiger partial charge in [0, 0.05) is 18.2 Å². The molecule has 0 saturated heterocycles. The summed E-state index contributed by atoms with van der Waals surface area (Å²) in [6.45, 7) is 1.79. The van der Waals surface area contributed by atoms with E-state index < -0.39 is 0 Å². The molecule has 0 fully saturated rings. The molecule has 3 rings (SSSR count). The van der Waals surface area contributed by atoms with Gasteiger partial charge in [-0.1, -0.05) is 16.8 Å². The van der Waals surface area contributed by atoms with Crippen LogP contribution >= 0.6 is 11.6 Å². The predicted molar refractivity (Wildman–Crippen MR) is 92.2 cm³/mol. The number of nitrogens with one attached hydrogen (secondary N) is 2. The Morgan fingerprint density at radius 1 is 1.04 bits per heavy atom. The van der Waals surface area contributed by atoms with E-state index in [0.717, 1.165) is 0 Å². The molecule has 2 N–H and O–H groups in total. The van der Waals surface area contributed by atoms with Crippen LogP contribution in [0.2, 0.25) is 5.02 Å². The first kappa shape index (κ1) is 16.8. The molecule has 1 aromatic carbocycles. The minimum Gasteiger partial charge on any atom is -0.495 e. The number of benzene rings is 1. The third kappa shape index (κ3) is 3.89. The molecule has 2 heterocycles. The second kappa shape index (κ2) is 7.22. The van der Waals surface area contributed by atoms with Gasteiger partial charge in [-0.15, -0.1) is 5.10 Å². The molecule has 0 bridgehead atoms. The first-order valence-corrected chi connectivity index (χ1v) is 7.55. The lowest BCUT2D eigenvalue weighted by atomic mass is 10.2. The highest BCUT2D eigenvalue weighted by molar-refractivity contribution is 6.32. The Kier molecular flexibility index (Phi) is 4.85. The van der Waals surface area contributed by atoms with Crippen molar-refractivity contribution in [1.82, 2.24) is 20.3 Å². The van der Waals surface area contributed by atoms with Gasteiger partial charge in [-0.2, -0.15) is 10.1 Å². The number of anilines is 4. The largest absolute Gasteiger partial charge is 0.495 e. The third-order valence-electron chi connectivity index (χ3n) is 3.16. The number of hydrogen-bond acceptors (Lipinski definition) is 9. The molecule has 10 heteroatoms. The second-order valence-corrected chi connectivity index (χ2v) is 5.33. The number of rotatable bonds is 6. The van der Waals surface area contributed by atoms with Crippen LogP contribution in [0.3, 0.4) is 0 Å². The van der Waals surface area contributed by atoms with Gasteiger partial charge in [-0.25, -0.2) is 0 Å². The second-order valence-electron chi connectivity index (χ2n) is 4.93. The number of nitrogens with zero attached hydrogens (tertiary/aromatic N) is 4. The summed E-state index contributed by atoms with van der Waals surface area (Å²) in [6, 6.07) is 5.07. The van der Waals surface area contributed by atoms with Crippen LogP contribution in [0.1, 0.15) is 5.76 Å². The van der Waals surface area contributed by atoms with Crippen LogP contribution in [0.4, 0.5) is 23.3 Å². The zero-order valence-corrected chi connectivity index (χ0v) is 14.5. The summed E-state index contributed by atoms with van der Waals surface area (Å²) in [5, 5.41) is 18.1. The normalized spacial score (nSPS) is 10.4. The van der Waals surface area contributed by atoms with Gasteiger partial charge in [0.2, 0.25) is 5.95 Å². The zero-order chi connectivity index (χ0) is 17.8. The Morgan fingerprint density at radius 2 is 1.84 bits per heavy atom. The smallest absolute Gasteiger partial charge is 0.250 e. The average Bonchev–Trinajstić information content (AvgIpc) is 3.01. The average molecular weight is 363 g/mol. The van der Waals surface area contributed by atoms with Gasteiger partial charge in [0.15, 0.2) is 11.6 Å². The van der Waals surface area contributed by atoms with Crippen LogP contribution in [0, 0.1) is 6.92 Å². The van der Waals surface area contributed by atoms with E-state index in [0.29, 0.717) is 39.6 Å². The zero-order valence-electron chi connectivity index (χ0n) is 13.7. The van der Waals surface area contributed by atoms with Crippen molar-refractivity contribution in [1.29, 1.82) is 0 Å². The molecule has 0 unspecified atom stereocenters. The van der Waals surface area contributed by atoms with Crippen molar-refractivity contribution in [3.8, 4) is 11.5 Å². The van der Waals surface area contributed by atoms with Crippen molar-refractivity contribution < 1.29 is 14.0 Å². The molecule has 0 atom stereocenters. The Hall–Kier alpha value is -3.07. The van der Waals surface area contributed by atoms with E-state index in [9.17, 15) is 0 Å². The number of ether oxygens (including phenoxy) is 2. The van der Waals surface area contributed by atoms with E-state index in [4.69, 9.17) is 25.6 Å². The van der Waals surface area contributed by atoms with Crippen LogP contribution in [0.5, 0.6) is 11.5 Å². The summed E-state index contributed by atoms with van der Waals surface area (Å²) in [4.78, 5) is 4.32. The van der Waals surface area contributed by atoms with Gasteiger partial charge >= 0.3 is 0 Å². The summed E-state index contributed by atoms with van der Waals surface area (Å²) in [6.07, 6.45) is 1.47. The summed E-state index contributed by atoms with van der Waals surface area (Å²) in [5.74, 6) is 2.90. The fourth-order valence-corrected chi connectivity index (χ4v) is 2.28. The van der Waals surface area contributed by atoms with E-state index in [2.05, 4.69) is 31.0 Å². The lowest BCUT2D eigenvalue weighted by Crippen LogP contribution is -2.03. The van der Waals surface area contributed by atoms with Crippen LogP contribution in [0.25, 0.3) is 0 Å². The molecule has 2 aromatic heterocycles. The minimum atomic E-state index is 0.262. The fraction of sp³-hybridized carbons (Fsp3) is 0.200. The molecule has 0 aliphatic rings. The quantitative estimate of drug-likeness (QED) is 0.682. The SMILES string of the molecule is COc1cc(Nc2cnnc(Nc3cc(C)on3)n2)c(OC)cc1Cl. The molecule has 3 aromatic rings. The van der Waals surface area contributed by atoms with E-state index in [1.165, 1.54) is 13.3 Å². The summed E-state index contributed by atoms with van der Waals surface area (Å²) in [5.41, 5.74) is 0.618. The highest BCUT2D eigenvalue weighted by Crippen LogP contribution is 2.37. The number of aryl methyl sites for hydroxylation is 1. The maximum absolute atomic E-state index is 6.10. The fourth-order valence-electron chi connectivity index (χ4n) is 2.05. The van der Waals surface area contributed by atoms with Crippen molar-refractivity contribution in [2.45, 2.75) is 6.92 Å². The highest BCUT2D eigenvalue weighted by atomic mass is 35.5. The van der Waals surface area contributed by atoms with Gasteiger partial charge in [-0.05, 0) is 6.92 Å². The van der Waals surface area contributed by atoms with Gasteiger partial charge in [0.1, 0.15) is 17.3 Å². The van der Waals surface area contributed by atoms with Crippen molar-refractivity contribution >= 4 is 34.9 Å². The molecule has 0 aliphatic heterocycles. The van der Waals surface area contributed by atoms with Crippen LogP contribution in [-0.4, -0.2) is 34.6 Å². The summed E-state index contributed by atoms with van der Waals surface area (Å²) >= 11 is 6.10. The Balaban J connectivity index is 1.84. The molecule has 0 spiro atoms. The minimum absolute atomic E-state index is 0.262. The molecule has 25 heavy (non-hydrogen) atoms. The lowest BCUT2D eigenvalue weighted by Gasteiger charge is -2.13. The molecule has 9 nitrogen and oxygen atoms in total. The maximum atomic E-state index is 6.10. The first-order valence-electron chi connectivity index (χ1n) is 7.17. The number of hydrogen-bond donors (Lipinski definition) is 2. The third-order valence-corrected chi connectivity index (χ3v) is 3.46. The molecular formula is C15H15ClN6O3. The number of methoxy groups -OCH3 is 2. The molecule has 0 saturated carbocycles. The molecule has 0 radical (unpaired) electrons. The molecule has 0 amide bonds. The first-order chi connectivity index (χ1) is 12.1. The van der Waals surface area contributed by atoms with Gasteiger partial charge in [-0.3, -0.25) is 0 Å². The van der Waals surface area contributed by atoms with Gasteiger partial charge < -0.3 is 24.6 Å². The Morgan fingerprint density at radius 3 is 2.52 bits per heavy atom. The van der Waals surface area contributed by atoms with Crippen LogP contribution in [0.15, 0.2) is 28.9 Å². The Labute approximate surface area is 148 Å². The van der Waals surface area contributed by atoms with Crippen molar-refractivity contribution in [2.75, 3.05) is 24.9 Å². The molecule has 130 valence electrons. The monoisotopic (exact) mass is 362 g/mol. The van der Waals surface area contributed by atoms with E-state index in [1.54, 1.807) is 32.2 Å². The topological polar surface area (TPSA) is 107 Å².